The van der Waals surface area contributed by atoms with Gasteiger partial charge in [0, 0.05) is 23.7 Å². The van der Waals surface area contributed by atoms with E-state index in [-0.39, 0.29) is 12.1 Å². The summed E-state index contributed by atoms with van der Waals surface area (Å²) in [4.78, 5) is 4.49. The summed E-state index contributed by atoms with van der Waals surface area (Å²) in [7, 11) is 0. The van der Waals surface area contributed by atoms with E-state index in [1.165, 1.54) is 0 Å². The van der Waals surface area contributed by atoms with Gasteiger partial charge < -0.3 is 10.5 Å². The van der Waals surface area contributed by atoms with Crippen LogP contribution < -0.4 is 5.73 Å². The van der Waals surface area contributed by atoms with Gasteiger partial charge in [0.05, 0.1) is 11.6 Å². The van der Waals surface area contributed by atoms with E-state index >= 15 is 0 Å². The molecule has 88 valence electrons. The number of ether oxygens (including phenoxy) is 1. The van der Waals surface area contributed by atoms with E-state index in [0.29, 0.717) is 0 Å². The van der Waals surface area contributed by atoms with Gasteiger partial charge in [-0.1, -0.05) is 12.1 Å². The van der Waals surface area contributed by atoms with Crippen molar-refractivity contribution in [1.29, 1.82) is 0 Å². The summed E-state index contributed by atoms with van der Waals surface area (Å²) in [5.74, 6) is 0. The number of fused-ring (bicyclic) bond motifs is 1. The van der Waals surface area contributed by atoms with Crippen molar-refractivity contribution in [3.8, 4) is 0 Å². The highest BCUT2D eigenvalue weighted by molar-refractivity contribution is 5.79. The van der Waals surface area contributed by atoms with Crippen LogP contribution in [0.2, 0.25) is 0 Å². The molecule has 3 heteroatoms. The van der Waals surface area contributed by atoms with Crippen molar-refractivity contribution in [3.05, 3.63) is 41.6 Å². The SMILES string of the molecule is Cc1ccc2cc(C3OCCC3N)ccc2n1. The Morgan fingerprint density at radius 3 is 2.94 bits per heavy atom. The fourth-order valence-corrected chi connectivity index (χ4v) is 2.37. The summed E-state index contributed by atoms with van der Waals surface area (Å²) in [6.45, 7) is 2.76. The maximum absolute atomic E-state index is 6.04. The van der Waals surface area contributed by atoms with Crippen molar-refractivity contribution < 1.29 is 4.74 Å². The Morgan fingerprint density at radius 2 is 2.18 bits per heavy atom. The predicted molar refractivity (Wildman–Crippen MR) is 67.8 cm³/mol. The number of pyridine rings is 1. The van der Waals surface area contributed by atoms with Crippen molar-refractivity contribution in [3.63, 3.8) is 0 Å². The number of aromatic nitrogens is 1. The molecule has 0 aliphatic carbocycles. The summed E-state index contributed by atoms with van der Waals surface area (Å²) < 4.78 is 5.68. The zero-order chi connectivity index (χ0) is 11.8. The highest BCUT2D eigenvalue weighted by Gasteiger charge is 2.26. The average Bonchev–Trinajstić information content (AvgIpc) is 2.75. The molecule has 0 radical (unpaired) electrons. The van der Waals surface area contributed by atoms with Gasteiger partial charge in [-0.15, -0.1) is 0 Å². The number of nitrogens with zero attached hydrogens (tertiary/aromatic N) is 1. The molecule has 2 aromatic rings. The lowest BCUT2D eigenvalue weighted by Gasteiger charge is -2.15. The molecule has 2 heterocycles. The van der Waals surface area contributed by atoms with Gasteiger partial charge in [-0.3, -0.25) is 4.98 Å². The quantitative estimate of drug-likeness (QED) is 0.815. The van der Waals surface area contributed by atoms with Gasteiger partial charge in [0.15, 0.2) is 0 Å². The summed E-state index contributed by atoms with van der Waals surface area (Å²) >= 11 is 0. The molecule has 2 atom stereocenters. The largest absolute Gasteiger partial charge is 0.372 e. The fraction of sp³-hybridized carbons (Fsp3) is 0.357. The lowest BCUT2D eigenvalue weighted by molar-refractivity contribution is 0.105. The number of hydrogen-bond donors (Lipinski definition) is 1. The molecule has 1 aliphatic rings. The van der Waals surface area contributed by atoms with Crippen molar-refractivity contribution in [2.45, 2.75) is 25.5 Å². The molecular formula is C14H16N2O. The van der Waals surface area contributed by atoms with Crippen molar-refractivity contribution >= 4 is 10.9 Å². The van der Waals surface area contributed by atoms with E-state index in [4.69, 9.17) is 10.5 Å². The third-order valence-corrected chi connectivity index (χ3v) is 3.32. The highest BCUT2D eigenvalue weighted by atomic mass is 16.5. The molecule has 3 rings (SSSR count). The first-order valence-electron chi connectivity index (χ1n) is 5.98. The van der Waals surface area contributed by atoms with Crippen molar-refractivity contribution in [2.24, 2.45) is 5.73 Å². The van der Waals surface area contributed by atoms with Crippen LogP contribution in [0.15, 0.2) is 30.3 Å². The monoisotopic (exact) mass is 228 g/mol. The maximum Gasteiger partial charge on any atom is 0.0976 e. The predicted octanol–water partition coefficient (Wildman–Crippen LogP) is 2.33. The van der Waals surface area contributed by atoms with Crippen LogP contribution in [0.5, 0.6) is 0 Å². The topological polar surface area (TPSA) is 48.1 Å². The normalized spacial score (nSPS) is 24.4. The lowest BCUT2D eigenvalue weighted by atomic mass is 10.0. The van der Waals surface area contributed by atoms with Gasteiger partial charge in [-0.2, -0.15) is 0 Å². The molecule has 0 bridgehead atoms. The van der Waals surface area contributed by atoms with Gasteiger partial charge in [0.1, 0.15) is 0 Å². The second-order valence-corrected chi connectivity index (χ2v) is 4.65. The second kappa shape index (κ2) is 4.09. The van der Waals surface area contributed by atoms with Crippen LogP contribution in [-0.2, 0) is 4.74 Å². The van der Waals surface area contributed by atoms with E-state index in [2.05, 4.69) is 23.2 Å². The molecule has 1 aromatic carbocycles. The van der Waals surface area contributed by atoms with Crippen LogP contribution in [0.25, 0.3) is 10.9 Å². The molecule has 2 N–H and O–H groups in total. The van der Waals surface area contributed by atoms with Crippen LogP contribution >= 0.6 is 0 Å². The summed E-state index contributed by atoms with van der Waals surface area (Å²) in [6, 6.07) is 10.5. The van der Waals surface area contributed by atoms with E-state index in [1.54, 1.807) is 0 Å². The molecule has 0 amide bonds. The molecule has 1 aromatic heterocycles. The standard InChI is InChI=1S/C14H16N2O/c1-9-2-3-10-8-11(4-5-13(10)16-9)14-12(15)6-7-17-14/h2-5,8,12,14H,6-7,15H2,1H3. The maximum atomic E-state index is 6.04. The van der Waals surface area contributed by atoms with Crippen molar-refractivity contribution in [2.75, 3.05) is 6.61 Å². The van der Waals surface area contributed by atoms with Gasteiger partial charge in [-0.25, -0.2) is 0 Å². The van der Waals surface area contributed by atoms with E-state index < -0.39 is 0 Å². The first-order valence-corrected chi connectivity index (χ1v) is 5.98. The minimum atomic E-state index is 0.0423. The third kappa shape index (κ3) is 1.92. The van der Waals surface area contributed by atoms with Gasteiger partial charge in [0.25, 0.3) is 0 Å². The molecule has 2 unspecified atom stereocenters. The van der Waals surface area contributed by atoms with Crippen LogP contribution in [0.4, 0.5) is 0 Å². The first kappa shape index (κ1) is 10.7. The van der Waals surface area contributed by atoms with Crippen LogP contribution in [0.1, 0.15) is 23.8 Å². The van der Waals surface area contributed by atoms with Crippen molar-refractivity contribution in [1.82, 2.24) is 4.98 Å². The molecule has 17 heavy (non-hydrogen) atoms. The molecule has 1 fully saturated rings. The number of rotatable bonds is 1. The smallest absolute Gasteiger partial charge is 0.0976 e. The van der Waals surface area contributed by atoms with Gasteiger partial charge >= 0.3 is 0 Å². The Morgan fingerprint density at radius 1 is 1.29 bits per heavy atom. The third-order valence-electron chi connectivity index (χ3n) is 3.32. The number of hydrogen-bond acceptors (Lipinski definition) is 3. The Kier molecular flexibility index (Phi) is 2.57. The zero-order valence-electron chi connectivity index (χ0n) is 9.89. The number of nitrogens with two attached hydrogens (primary N) is 1. The van der Waals surface area contributed by atoms with Gasteiger partial charge in [-0.05, 0) is 37.1 Å². The van der Waals surface area contributed by atoms with E-state index in [1.807, 2.05) is 19.1 Å². The summed E-state index contributed by atoms with van der Waals surface area (Å²) in [5.41, 5.74) is 9.27. The van der Waals surface area contributed by atoms with Gasteiger partial charge in [0.2, 0.25) is 0 Å². The van der Waals surface area contributed by atoms with Crippen LogP contribution in [0.3, 0.4) is 0 Å². The fourth-order valence-electron chi connectivity index (χ4n) is 2.37. The summed E-state index contributed by atoms with van der Waals surface area (Å²) in [6.07, 6.45) is 0.982. The second-order valence-electron chi connectivity index (χ2n) is 4.65. The number of benzene rings is 1. The molecular weight excluding hydrogens is 212 g/mol. The number of aryl methyl sites for hydroxylation is 1. The lowest BCUT2D eigenvalue weighted by Crippen LogP contribution is -2.23. The Balaban J connectivity index is 2.04. The van der Waals surface area contributed by atoms with E-state index in [9.17, 15) is 0 Å². The van der Waals surface area contributed by atoms with Crippen LogP contribution in [-0.4, -0.2) is 17.6 Å². The minimum Gasteiger partial charge on any atom is -0.372 e. The Bertz CT molecular complexity index is 553. The zero-order valence-corrected chi connectivity index (χ0v) is 9.89. The molecule has 1 saturated heterocycles. The Hall–Kier alpha value is -1.45. The highest BCUT2D eigenvalue weighted by Crippen LogP contribution is 2.29. The summed E-state index contributed by atoms with van der Waals surface area (Å²) in [5, 5.41) is 1.15. The minimum absolute atomic E-state index is 0.0423. The molecule has 3 nitrogen and oxygen atoms in total. The average molecular weight is 228 g/mol. The van der Waals surface area contributed by atoms with Crippen LogP contribution in [0, 0.1) is 6.92 Å². The molecule has 0 saturated carbocycles. The molecule has 1 aliphatic heterocycles. The molecule has 0 spiro atoms. The van der Waals surface area contributed by atoms with E-state index in [0.717, 1.165) is 35.2 Å². The Labute approximate surface area is 101 Å². The first-order chi connectivity index (χ1) is 8.24.